The van der Waals surface area contributed by atoms with Crippen molar-refractivity contribution in [3.8, 4) is 0 Å². The minimum atomic E-state index is -4.59. The number of ether oxygens (including phenoxy) is 2. The summed E-state index contributed by atoms with van der Waals surface area (Å²) in [7, 11) is -3.63. The van der Waals surface area contributed by atoms with Gasteiger partial charge in [0.05, 0.1) is 23.4 Å². The Balaban J connectivity index is 1.69. The van der Waals surface area contributed by atoms with Crippen molar-refractivity contribution in [2.45, 2.75) is 57.9 Å². The fraction of sp³-hybridized carbons (Fsp3) is 0.609. The molecule has 1 fully saturated rings. The third kappa shape index (κ3) is 6.72. The van der Waals surface area contributed by atoms with Crippen molar-refractivity contribution in [2.75, 3.05) is 26.0 Å². The first-order valence-corrected chi connectivity index (χ1v) is 12.9. The minimum absolute atomic E-state index is 0.0637. The van der Waals surface area contributed by atoms with Gasteiger partial charge in [0.25, 0.3) is 5.91 Å². The lowest BCUT2D eigenvalue weighted by molar-refractivity contribution is -0.223. The summed E-state index contributed by atoms with van der Waals surface area (Å²) in [5.74, 6) is 0.490. The van der Waals surface area contributed by atoms with E-state index in [1.165, 1.54) is 11.6 Å². The summed E-state index contributed by atoms with van der Waals surface area (Å²) in [6.45, 7) is 4.18. The minimum Gasteiger partial charge on any atom is -0.498 e. The van der Waals surface area contributed by atoms with Gasteiger partial charge in [-0.05, 0) is 45.3 Å². The zero-order chi connectivity index (χ0) is 24.4. The van der Waals surface area contributed by atoms with Crippen molar-refractivity contribution in [1.29, 1.82) is 0 Å². The van der Waals surface area contributed by atoms with Crippen LogP contribution in [0, 0.1) is 5.92 Å². The highest BCUT2D eigenvalue weighted by Gasteiger charge is 2.41. The van der Waals surface area contributed by atoms with E-state index in [9.17, 15) is 26.4 Å². The van der Waals surface area contributed by atoms with Gasteiger partial charge in [0.1, 0.15) is 0 Å². The second kappa shape index (κ2) is 10.0. The molecule has 1 heterocycles. The summed E-state index contributed by atoms with van der Waals surface area (Å²) in [5, 5.41) is 0. The van der Waals surface area contributed by atoms with Gasteiger partial charge in [-0.25, -0.2) is 8.42 Å². The van der Waals surface area contributed by atoms with Gasteiger partial charge in [0.15, 0.2) is 15.9 Å². The lowest BCUT2D eigenvalue weighted by atomic mass is 9.99. The van der Waals surface area contributed by atoms with Crippen LogP contribution in [-0.4, -0.2) is 63.6 Å². The number of sulfone groups is 1. The number of likely N-dealkylation sites (tertiary alicyclic amines) is 1. The summed E-state index contributed by atoms with van der Waals surface area (Å²) in [5.41, 5.74) is 1.23. The number of carbonyl (C=O) groups excluding carboxylic acids is 1. The van der Waals surface area contributed by atoms with Crippen LogP contribution in [0.15, 0.2) is 46.1 Å². The van der Waals surface area contributed by atoms with E-state index in [2.05, 4.69) is 6.92 Å². The molecule has 1 amide bonds. The molecule has 0 saturated carbocycles. The van der Waals surface area contributed by atoms with Crippen molar-refractivity contribution in [2.24, 2.45) is 5.92 Å². The maximum Gasteiger partial charge on any atom is 0.414 e. The SMILES string of the molecule is CC1=CC=C(OC[C@@H]2CCN(C(=O)C3=CC(S(C)(=O)=O)=CCC3OC(C)C(F)(F)F)C2)CC1. The second-order valence-electron chi connectivity index (χ2n) is 8.89. The largest absolute Gasteiger partial charge is 0.498 e. The van der Waals surface area contributed by atoms with Crippen molar-refractivity contribution in [1.82, 2.24) is 4.90 Å². The molecular weight excluding hydrogens is 459 g/mol. The molecule has 3 atom stereocenters. The summed E-state index contributed by atoms with van der Waals surface area (Å²) in [4.78, 5) is 14.7. The van der Waals surface area contributed by atoms with Gasteiger partial charge in [0, 0.05) is 37.3 Å². The van der Waals surface area contributed by atoms with E-state index in [-0.39, 0.29) is 22.8 Å². The van der Waals surface area contributed by atoms with E-state index in [1.807, 2.05) is 12.2 Å². The van der Waals surface area contributed by atoms with Crippen LogP contribution in [0.25, 0.3) is 0 Å². The molecule has 0 radical (unpaired) electrons. The fourth-order valence-corrected chi connectivity index (χ4v) is 4.71. The highest BCUT2D eigenvalue weighted by Crippen LogP contribution is 2.32. The lowest BCUT2D eigenvalue weighted by Gasteiger charge is -2.29. The van der Waals surface area contributed by atoms with Crippen LogP contribution >= 0.6 is 0 Å². The molecule has 184 valence electrons. The van der Waals surface area contributed by atoms with Crippen LogP contribution in [0.5, 0.6) is 0 Å². The van der Waals surface area contributed by atoms with E-state index >= 15 is 0 Å². The Bertz CT molecular complexity index is 994. The average molecular weight is 490 g/mol. The molecule has 0 aromatic carbocycles. The van der Waals surface area contributed by atoms with Gasteiger partial charge in [0.2, 0.25) is 0 Å². The monoisotopic (exact) mass is 489 g/mol. The van der Waals surface area contributed by atoms with Crippen molar-refractivity contribution in [3.05, 3.63) is 46.1 Å². The number of nitrogens with zero attached hydrogens (tertiary/aromatic N) is 1. The van der Waals surface area contributed by atoms with Gasteiger partial charge < -0.3 is 14.4 Å². The molecule has 1 saturated heterocycles. The molecule has 3 rings (SSSR count). The van der Waals surface area contributed by atoms with E-state index in [4.69, 9.17) is 9.47 Å². The first-order valence-electron chi connectivity index (χ1n) is 11.0. The van der Waals surface area contributed by atoms with Crippen LogP contribution in [0.4, 0.5) is 13.2 Å². The van der Waals surface area contributed by atoms with Crippen LogP contribution in [-0.2, 0) is 24.1 Å². The Labute approximate surface area is 192 Å². The van der Waals surface area contributed by atoms with E-state index < -0.39 is 34.1 Å². The fourth-order valence-electron chi connectivity index (χ4n) is 3.97. The van der Waals surface area contributed by atoms with E-state index in [0.717, 1.165) is 37.9 Å². The summed E-state index contributed by atoms with van der Waals surface area (Å²) in [6, 6.07) is 0. The zero-order valence-electron chi connectivity index (χ0n) is 19.0. The Kier molecular flexibility index (Phi) is 7.78. The molecule has 0 aromatic heterocycles. The molecule has 10 heteroatoms. The summed E-state index contributed by atoms with van der Waals surface area (Å²) >= 11 is 0. The van der Waals surface area contributed by atoms with Gasteiger partial charge in [-0.3, -0.25) is 4.79 Å². The number of hydrogen-bond acceptors (Lipinski definition) is 5. The van der Waals surface area contributed by atoms with Crippen LogP contribution < -0.4 is 0 Å². The number of halogens is 3. The number of alkyl halides is 3. The molecule has 1 aliphatic heterocycles. The molecular formula is C23H30F3NO5S. The van der Waals surface area contributed by atoms with Crippen molar-refractivity contribution < 1.29 is 35.9 Å². The molecule has 0 aromatic rings. The Morgan fingerprint density at radius 1 is 1.27 bits per heavy atom. The van der Waals surface area contributed by atoms with Gasteiger partial charge in [-0.15, -0.1) is 0 Å². The Morgan fingerprint density at radius 3 is 2.61 bits per heavy atom. The highest BCUT2D eigenvalue weighted by molar-refractivity contribution is 7.94. The second-order valence-corrected chi connectivity index (χ2v) is 10.9. The van der Waals surface area contributed by atoms with Gasteiger partial charge >= 0.3 is 6.18 Å². The molecule has 33 heavy (non-hydrogen) atoms. The highest BCUT2D eigenvalue weighted by atomic mass is 32.2. The lowest BCUT2D eigenvalue weighted by Crippen LogP contribution is -2.40. The zero-order valence-corrected chi connectivity index (χ0v) is 19.8. The third-order valence-corrected chi connectivity index (χ3v) is 7.22. The quantitative estimate of drug-likeness (QED) is 0.539. The van der Waals surface area contributed by atoms with Crippen molar-refractivity contribution in [3.63, 3.8) is 0 Å². The third-order valence-electron chi connectivity index (χ3n) is 6.08. The number of carbonyl (C=O) groups is 1. The molecule has 0 bridgehead atoms. The summed E-state index contributed by atoms with van der Waals surface area (Å²) in [6.07, 6.45) is 1.93. The Hall–Kier alpha value is -2.07. The van der Waals surface area contributed by atoms with Crippen molar-refractivity contribution >= 4 is 15.7 Å². The molecule has 2 unspecified atom stereocenters. The first-order chi connectivity index (χ1) is 15.3. The van der Waals surface area contributed by atoms with Crippen LogP contribution in [0.2, 0.25) is 0 Å². The first kappa shape index (κ1) is 25.6. The predicted octanol–water partition coefficient (Wildman–Crippen LogP) is 4.07. The average Bonchev–Trinajstić information content (AvgIpc) is 3.20. The molecule has 3 aliphatic rings. The van der Waals surface area contributed by atoms with Crippen LogP contribution in [0.3, 0.4) is 0 Å². The molecule has 0 N–H and O–H groups in total. The molecule has 0 spiro atoms. The number of rotatable bonds is 7. The molecule has 6 nitrogen and oxygen atoms in total. The van der Waals surface area contributed by atoms with Gasteiger partial charge in [-0.1, -0.05) is 17.7 Å². The van der Waals surface area contributed by atoms with E-state index in [0.29, 0.717) is 26.1 Å². The smallest absolute Gasteiger partial charge is 0.414 e. The number of hydrogen-bond donors (Lipinski definition) is 0. The number of amides is 1. The normalized spacial score (nSPS) is 25.1. The topological polar surface area (TPSA) is 72.9 Å². The summed E-state index contributed by atoms with van der Waals surface area (Å²) < 4.78 is 74.1. The molecule has 2 aliphatic carbocycles. The maximum absolute atomic E-state index is 13.2. The Morgan fingerprint density at radius 2 is 2.00 bits per heavy atom. The standard InChI is InChI=1S/C23H30F3NO5S/c1-15-4-6-18(7-5-15)31-14-17-10-11-27(13-17)22(28)20-12-19(33(3,29)30)8-9-21(20)32-16(2)23(24,25)26/h4,6,8,12,16-17,21H,5,7,9-11,13-14H2,1-3H3/t16?,17-,21?/m1/s1. The predicted molar refractivity (Wildman–Crippen MR) is 118 cm³/mol. The number of allylic oxidation sites excluding steroid dienone is 5. The van der Waals surface area contributed by atoms with Gasteiger partial charge in [-0.2, -0.15) is 13.2 Å². The van der Waals surface area contributed by atoms with Crippen LogP contribution in [0.1, 0.15) is 39.5 Å². The maximum atomic E-state index is 13.2. The van der Waals surface area contributed by atoms with E-state index in [1.54, 1.807) is 4.90 Å².